The van der Waals surface area contributed by atoms with Gasteiger partial charge in [0, 0.05) is 29.9 Å². The van der Waals surface area contributed by atoms with Crippen molar-refractivity contribution < 1.29 is 4.74 Å². The summed E-state index contributed by atoms with van der Waals surface area (Å²) in [5.74, 6) is 3.53. The standard InChI is InChI=1S/C14H22N2OS/c1-10-8-16-13(11(2)14(10)17-3)9-15-12-4-6-18-7-5-12/h8,12,15H,4-7,9H2,1-3H3. The highest BCUT2D eigenvalue weighted by molar-refractivity contribution is 7.99. The van der Waals surface area contributed by atoms with E-state index in [9.17, 15) is 0 Å². The van der Waals surface area contributed by atoms with E-state index in [0.717, 1.165) is 29.1 Å². The molecule has 0 spiro atoms. The molecule has 0 bridgehead atoms. The van der Waals surface area contributed by atoms with Crippen molar-refractivity contribution in [2.75, 3.05) is 18.6 Å². The third kappa shape index (κ3) is 3.18. The van der Waals surface area contributed by atoms with Crippen molar-refractivity contribution >= 4 is 11.8 Å². The number of aryl methyl sites for hydroxylation is 1. The zero-order valence-electron chi connectivity index (χ0n) is 11.5. The Hall–Kier alpha value is -0.740. The lowest BCUT2D eigenvalue weighted by molar-refractivity contribution is 0.405. The molecule has 0 atom stereocenters. The first-order valence-electron chi connectivity index (χ1n) is 6.52. The molecule has 0 aromatic carbocycles. The molecule has 1 aromatic rings. The van der Waals surface area contributed by atoms with E-state index in [-0.39, 0.29) is 0 Å². The van der Waals surface area contributed by atoms with E-state index in [4.69, 9.17) is 4.74 Å². The van der Waals surface area contributed by atoms with Crippen LogP contribution in [0.15, 0.2) is 6.20 Å². The van der Waals surface area contributed by atoms with Gasteiger partial charge >= 0.3 is 0 Å². The van der Waals surface area contributed by atoms with Gasteiger partial charge in [-0.1, -0.05) is 0 Å². The Kier molecular flexibility index (Phi) is 4.89. The predicted molar refractivity (Wildman–Crippen MR) is 77.4 cm³/mol. The minimum atomic E-state index is 0.653. The average molecular weight is 266 g/mol. The number of aromatic nitrogens is 1. The number of nitrogens with one attached hydrogen (secondary N) is 1. The Morgan fingerprint density at radius 2 is 2.11 bits per heavy atom. The van der Waals surface area contributed by atoms with Crippen LogP contribution in [0, 0.1) is 13.8 Å². The van der Waals surface area contributed by atoms with Crippen LogP contribution in [-0.2, 0) is 6.54 Å². The molecule has 2 rings (SSSR count). The summed E-state index contributed by atoms with van der Waals surface area (Å²) in [5.41, 5.74) is 3.37. The van der Waals surface area contributed by atoms with Crippen molar-refractivity contribution in [3.63, 3.8) is 0 Å². The molecule has 0 saturated carbocycles. The van der Waals surface area contributed by atoms with Gasteiger partial charge in [-0.2, -0.15) is 11.8 Å². The minimum Gasteiger partial charge on any atom is -0.496 e. The van der Waals surface area contributed by atoms with Crippen LogP contribution in [0.4, 0.5) is 0 Å². The van der Waals surface area contributed by atoms with Crippen LogP contribution in [0.5, 0.6) is 5.75 Å². The largest absolute Gasteiger partial charge is 0.496 e. The number of thioether (sulfide) groups is 1. The second-order valence-electron chi connectivity index (χ2n) is 4.81. The molecular formula is C14H22N2OS. The molecule has 2 heterocycles. The van der Waals surface area contributed by atoms with Crippen LogP contribution in [0.3, 0.4) is 0 Å². The van der Waals surface area contributed by atoms with Gasteiger partial charge in [-0.25, -0.2) is 0 Å². The molecule has 1 N–H and O–H groups in total. The van der Waals surface area contributed by atoms with Crippen LogP contribution >= 0.6 is 11.8 Å². The Morgan fingerprint density at radius 1 is 1.39 bits per heavy atom. The molecule has 3 nitrogen and oxygen atoms in total. The van der Waals surface area contributed by atoms with Gasteiger partial charge in [0.2, 0.25) is 0 Å². The maximum atomic E-state index is 5.44. The summed E-state index contributed by atoms with van der Waals surface area (Å²) >= 11 is 2.06. The molecule has 0 radical (unpaired) electrons. The number of hydrogen-bond donors (Lipinski definition) is 1. The van der Waals surface area contributed by atoms with Crippen LogP contribution in [0.1, 0.15) is 29.7 Å². The van der Waals surface area contributed by atoms with Gasteiger partial charge in [-0.3, -0.25) is 4.98 Å². The zero-order valence-corrected chi connectivity index (χ0v) is 12.3. The fourth-order valence-electron chi connectivity index (χ4n) is 2.39. The van der Waals surface area contributed by atoms with Gasteiger partial charge in [0.25, 0.3) is 0 Å². The summed E-state index contributed by atoms with van der Waals surface area (Å²) < 4.78 is 5.44. The first kappa shape index (κ1) is 13.7. The van der Waals surface area contributed by atoms with Gasteiger partial charge in [-0.15, -0.1) is 0 Å². The second-order valence-corrected chi connectivity index (χ2v) is 6.04. The lowest BCUT2D eigenvalue weighted by atomic mass is 10.1. The van der Waals surface area contributed by atoms with Crippen molar-refractivity contribution in [3.05, 3.63) is 23.0 Å². The molecule has 100 valence electrons. The lowest BCUT2D eigenvalue weighted by Gasteiger charge is -2.23. The van der Waals surface area contributed by atoms with Gasteiger partial charge in [0.1, 0.15) is 5.75 Å². The first-order valence-corrected chi connectivity index (χ1v) is 7.68. The molecule has 1 saturated heterocycles. The Bertz CT molecular complexity index is 403. The summed E-state index contributed by atoms with van der Waals surface area (Å²) in [6, 6.07) is 0.653. The van der Waals surface area contributed by atoms with E-state index < -0.39 is 0 Å². The van der Waals surface area contributed by atoms with E-state index >= 15 is 0 Å². The quantitative estimate of drug-likeness (QED) is 0.908. The zero-order chi connectivity index (χ0) is 13.0. The molecule has 0 unspecified atom stereocenters. The molecule has 1 aliphatic heterocycles. The summed E-state index contributed by atoms with van der Waals surface area (Å²) in [4.78, 5) is 4.52. The van der Waals surface area contributed by atoms with E-state index in [0.29, 0.717) is 6.04 Å². The second kappa shape index (κ2) is 6.43. The van der Waals surface area contributed by atoms with Gasteiger partial charge in [0.15, 0.2) is 0 Å². The van der Waals surface area contributed by atoms with E-state index in [2.05, 4.69) is 29.0 Å². The Morgan fingerprint density at radius 3 is 2.78 bits per heavy atom. The van der Waals surface area contributed by atoms with E-state index in [1.54, 1.807) is 7.11 Å². The van der Waals surface area contributed by atoms with Crippen molar-refractivity contribution in [1.29, 1.82) is 0 Å². The van der Waals surface area contributed by atoms with Crippen LogP contribution in [0.2, 0.25) is 0 Å². The molecule has 1 aliphatic rings. The Labute approximate surface area is 114 Å². The number of hydrogen-bond acceptors (Lipinski definition) is 4. The van der Waals surface area contributed by atoms with Crippen molar-refractivity contribution in [1.82, 2.24) is 10.3 Å². The van der Waals surface area contributed by atoms with Crippen LogP contribution < -0.4 is 10.1 Å². The van der Waals surface area contributed by atoms with Crippen molar-refractivity contribution in [2.24, 2.45) is 0 Å². The third-order valence-electron chi connectivity index (χ3n) is 3.53. The minimum absolute atomic E-state index is 0.653. The number of nitrogens with zero attached hydrogens (tertiary/aromatic N) is 1. The number of rotatable bonds is 4. The smallest absolute Gasteiger partial charge is 0.128 e. The number of pyridine rings is 1. The van der Waals surface area contributed by atoms with E-state index in [1.165, 1.54) is 24.3 Å². The highest BCUT2D eigenvalue weighted by atomic mass is 32.2. The lowest BCUT2D eigenvalue weighted by Crippen LogP contribution is -2.32. The van der Waals surface area contributed by atoms with Gasteiger partial charge < -0.3 is 10.1 Å². The highest BCUT2D eigenvalue weighted by Crippen LogP contribution is 2.24. The maximum Gasteiger partial charge on any atom is 0.128 e. The highest BCUT2D eigenvalue weighted by Gasteiger charge is 2.15. The molecule has 0 aliphatic carbocycles. The molecule has 18 heavy (non-hydrogen) atoms. The monoisotopic (exact) mass is 266 g/mol. The van der Waals surface area contributed by atoms with Crippen molar-refractivity contribution in [2.45, 2.75) is 39.3 Å². The van der Waals surface area contributed by atoms with Crippen LogP contribution in [0.25, 0.3) is 0 Å². The summed E-state index contributed by atoms with van der Waals surface area (Å²) in [7, 11) is 1.73. The molecule has 0 amide bonds. The van der Waals surface area contributed by atoms with Gasteiger partial charge in [0.05, 0.1) is 12.8 Å². The van der Waals surface area contributed by atoms with Crippen molar-refractivity contribution in [3.8, 4) is 5.75 Å². The van der Waals surface area contributed by atoms with Crippen LogP contribution in [-0.4, -0.2) is 29.6 Å². The fourth-order valence-corrected chi connectivity index (χ4v) is 3.50. The number of methoxy groups -OCH3 is 1. The average Bonchev–Trinajstić information content (AvgIpc) is 2.40. The summed E-state index contributed by atoms with van der Waals surface area (Å²) in [6.45, 7) is 4.97. The maximum absolute atomic E-state index is 5.44. The predicted octanol–water partition coefficient (Wildman–Crippen LogP) is 2.69. The molecule has 4 heteroatoms. The normalized spacial score (nSPS) is 16.8. The molecular weight excluding hydrogens is 244 g/mol. The third-order valence-corrected chi connectivity index (χ3v) is 4.58. The first-order chi connectivity index (χ1) is 8.72. The Balaban J connectivity index is 2.00. The summed E-state index contributed by atoms with van der Waals surface area (Å²) in [5, 5.41) is 3.62. The molecule has 1 fully saturated rings. The summed E-state index contributed by atoms with van der Waals surface area (Å²) in [6.07, 6.45) is 4.44. The number of ether oxygens (including phenoxy) is 1. The SMILES string of the molecule is COc1c(C)cnc(CNC2CCSCC2)c1C. The van der Waals surface area contributed by atoms with E-state index in [1.807, 2.05) is 13.1 Å². The fraction of sp³-hybridized carbons (Fsp3) is 0.643. The molecule has 1 aromatic heterocycles. The van der Waals surface area contributed by atoms with Gasteiger partial charge in [-0.05, 0) is 38.2 Å². The topological polar surface area (TPSA) is 34.1 Å².